The number of nitrogens with zero attached hydrogens (tertiary/aromatic N) is 4. The Balaban J connectivity index is 1.72. The fraction of sp³-hybridized carbons (Fsp3) is 0.105. The molecule has 0 saturated carbocycles. The maximum Gasteiger partial charge on any atom is 0.267 e. The molecule has 0 radical (unpaired) electrons. The number of aromatic hydroxyl groups is 1. The lowest BCUT2D eigenvalue weighted by Crippen LogP contribution is -2.29. The van der Waals surface area contributed by atoms with Crippen LogP contribution in [0.3, 0.4) is 0 Å². The molecule has 4 rings (SSSR count). The number of para-hydroxylation sites is 1. The fourth-order valence-electron chi connectivity index (χ4n) is 2.95. The second-order valence-electron chi connectivity index (χ2n) is 5.89. The van der Waals surface area contributed by atoms with E-state index in [0.717, 1.165) is 16.9 Å². The molecule has 1 aromatic carbocycles. The van der Waals surface area contributed by atoms with E-state index >= 15 is 0 Å². The summed E-state index contributed by atoms with van der Waals surface area (Å²) in [7, 11) is 0. The predicted octanol–water partition coefficient (Wildman–Crippen LogP) is 2.89. The SMILES string of the molecule is CCn1c(=O)c(C(=O)Nc2nnc(-c3ccncc3)s2)c(O)c2ccccc21. The average Bonchev–Trinajstić information content (AvgIpc) is 3.17. The van der Waals surface area contributed by atoms with Gasteiger partial charge in [0.05, 0.1) is 5.52 Å². The molecule has 2 N–H and O–H groups in total. The van der Waals surface area contributed by atoms with Crippen molar-refractivity contribution in [1.82, 2.24) is 19.7 Å². The Morgan fingerprint density at radius 3 is 2.68 bits per heavy atom. The highest BCUT2D eigenvalue weighted by Gasteiger charge is 2.23. The number of carbonyl (C=O) groups is 1. The fourth-order valence-corrected chi connectivity index (χ4v) is 3.70. The van der Waals surface area contributed by atoms with Gasteiger partial charge in [-0.3, -0.25) is 19.9 Å². The molecular formula is C19H15N5O3S. The molecule has 9 heteroatoms. The largest absolute Gasteiger partial charge is 0.506 e. The highest BCUT2D eigenvalue weighted by molar-refractivity contribution is 7.18. The summed E-state index contributed by atoms with van der Waals surface area (Å²) in [5.41, 5.74) is 0.506. The van der Waals surface area contributed by atoms with Crippen molar-refractivity contribution in [3.63, 3.8) is 0 Å². The smallest absolute Gasteiger partial charge is 0.267 e. The van der Waals surface area contributed by atoms with Crippen LogP contribution in [-0.2, 0) is 6.54 Å². The van der Waals surface area contributed by atoms with Gasteiger partial charge in [-0.2, -0.15) is 0 Å². The normalized spacial score (nSPS) is 10.9. The van der Waals surface area contributed by atoms with E-state index in [9.17, 15) is 14.7 Å². The van der Waals surface area contributed by atoms with Crippen LogP contribution < -0.4 is 10.9 Å². The van der Waals surface area contributed by atoms with Gasteiger partial charge in [-0.15, -0.1) is 10.2 Å². The number of hydrogen-bond acceptors (Lipinski definition) is 7. The second kappa shape index (κ2) is 7.20. The summed E-state index contributed by atoms with van der Waals surface area (Å²) in [6.45, 7) is 2.17. The number of amides is 1. The van der Waals surface area contributed by atoms with E-state index in [1.807, 2.05) is 0 Å². The van der Waals surface area contributed by atoms with Crippen LogP contribution in [0.4, 0.5) is 5.13 Å². The van der Waals surface area contributed by atoms with Gasteiger partial charge in [0.1, 0.15) is 16.3 Å². The Morgan fingerprint density at radius 2 is 1.93 bits per heavy atom. The van der Waals surface area contributed by atoms with Crippen molar-refractivity contribution in [2.24, 2.45) is 0 Å². The number of pyridine rings is 2. The minimum atomic E-state index is -0.729. The summed E-state index contributed by atoms with van der Waals surface area (Å²) < 4.78 is 1.45. The number of nitrogens with one attached hydrogen (secondary N) is 1. The lowest BCUT2D eigenvalue weighted by atomic mass is 10.1. The maximum atomic E-state index is 12.8. The lowest BCUT2D eigenvalue weighted by molar-refractivity contribution is 0.102. The Hall–Kier alpha value is -3.59. The molecule has 0 aliphatic carbocycles. The van der Waals surface area contributed by atoms with Crippen LogP contribution in [0.15, 0.2) is 53.6 Å². The number of anilines is 1. The molecule has 0 bridgehead atoms. The van der Waals surface area contributed by atoms with Gasteiger partial charge >= 0.3 is 0 Å². The lowest BCUT2D eigenvalue weighted by Gasteiger charge is -2.12. The number of aromatic nitrogens is 4. The van der Waals surface area contributed by atoms with Crippen molar-refractivity contribution >= 4 is 33.3 Å². The molecule has 3 heterocycles. The zero-order chi connectivity index (χ0) is 19.7. The Labute approximate surface area is 163 Å². The molecule has 0 aliphatic heterocycles. The van der Waals surface area contributed by atoms with Gasteiger partial charge < -0.3 is 9.67 Å². The van der Waals surface area contributed by atoms with Crippen molar-refractivity contribution in [2.45, 2.75) is 13.5 Å². The van der Waals surface area contributed by atoms with Crippen LogP contribution in [-0.4, -0.2) is 30.8 Å². The molecule has 0 unspecified atom stereocenters. The first-order valence-corrected chi connectivity index (χ1v) is 9.31. The molecule has 28 heavy (non-hydrogen) atoms. The van der Waals surface area contributed by atoms with E-state index in [-0.39, 0.29) is 16.4 Å². The topological polar surface area (TPSA) is 110 Å². The minimum absolute atomic E-state index is 0.229. The highest BCUT2D eigenvalue weighted by Crippen LogP contribution is 2.29. The van der Waals surface area contributed by atoms with Crippen LogP contribution in [0.5, 0.6) is 5.75 Å². The average molecular weight is 393 g/mol. The van der Waals surface area contributed by atoms with Crippen LogP contribution in [0.2, 0.25) is 0 Å². The second-order valence-corrected chi connectivity index (χ2v) is 6.87. The standard InChI is InChI=1S/C19H15N5O3S/c1-2-24-13-6-4-3-5-12(13)15(25)14(18(24)27)16(26)21-19-23-22-17(28-19)11-7-9-20-10-8-11/h3-10,25H,2H2,1H3,(H,21,23,26). The molecular weight excluding hydrogens is 378 g/mol. The van der Waals surface area contributed by atoms with Gasteiger partial charge in [0, 0.05) is 29.9 Å². The first-order chi connectivity index (χ1) is 13.6. The van der Waals surface area contributed by atoms with Gasteiger partial charge in [0.15, 0.2) is 0 Å². The van der Waals surface area contributed by atoms with Gasteiger partial charge in [0.25, 0.3) is 11.5 Å². The van der Waals surface area contributed by atoms with Crippen molar-refractivity contribution in [3.05, 3.63) is 64.7 Å². The maximum absolute atomic E-state index is 12.8. The zero-order valence-electron chi connectivity index (χ0n) is 14.8. The quantitative estimate of drug-likeness (QED) is 0.552. The van der Waals surface area contributed by atoms with Crippen molar-refractivity contribution in [1.29, 1.82) is 0 Å². The van der Waals surface area contributed by atoms with E-state index in [1.54, 1.807) is 55.7 Å². The Kier molecular flexibility index (Phi) is 4.58. The van der Waals surface area contributed by atoms with Gasteiger partial charge in [-0.25, -0.2) is 0 Å². The summed E-state index contributed by atoms with van der Waals surface area (Å²) in [5.74, 6) is -1.07. The molecule has 0 atom stereocenters. The number of fused-ring (bicyclic) bond motifs is 1. The molecule has 0 saturated heterocycles. The number of carbonyl (C=O) groups excluding carboxylic acids is 1. The van der Waals surface area contributed by atoms with Crippen LogP contribution in [0.25, 0.3) is 21.5 Å². The molecule has 1 amide bonds. The monoisotopic (exact) mass is 393 g/mol. The highest BCUT2D eigenvalue weighted by atomic mass is 32.1. The first-order valence-electron chi connectivity index (χ1n) is 8.50. The zero-order valence-corrected chi connectivity index (χ0v) is 15.6. The van der Waals surface area contributed by atoms with Crippen LogP contribution in [0.1, 0.15) is 17.3 Å². The molecule has 0 fully saturated rings. The summed E-state index contributed by atoms with van der Waals surface area (Å²) in [4.78, 5) is 29.5. The van der Waals surface area contributed by atoms with Gasteiger partial charge in [-0.05, 0) is 31.2 Å². The van der Waals surface area contributed by atoms with Crippen LogP contribution in [0, 0.1) is 0 Å². The van der Waals surface area contributed by atoms with E-state index < -0.39 is 11.5 Å². The first kappa shape index (κ1) is 17.8. The van der Waals surface area contributed by atoms with E-state index in [0.29, 0.717) is 22.5 Å². The van der Waals surface area contributed by atoms with Gasteiger partial charge in [0.2, 0.25) is 5.13 Å². The number of benzene rings is 1. The number of rotatable bonds is 4. The van der Waals surface area contributed by atoms with Crippen molar-refractivity contribution < 1.29 is 9.90 Å². The number of aryl methyl sites for hydroxylation is 1. The van der Waals surface area contributed by atoms with E-state index in [2.05, 4.69) is 20.5 Å². The summed E-state index contributed by atoms with van der Waals surface area (Å²) in [6, 6.07) is 10.5. The minimum Gasteiger partial charge on any atom is -0.506 e. The Bertz CT molecular complexity index is 1230. The van der Waals surface area contributed by atoms with Crippen LogP contribution >= 0.6 is 11.3 Å². The third-order valence-electron chi connectivity index (χ3n) is 4.26. The molecule has 8 nitrogen and oxygen atoms in total. The molecule has 0 aliphatic rings. The van der Waals surface area contributed by atoms with Crippen molar-refractivity contribution in [2.75, 3.05) is 5.32 Å². The van der Waals surface area contributed by atoms with E-state index in [1.165, 1.54) is 4.57 Å². The molecule has 140 valence electrons. The summed E-state index contributed by atoms with van der Waals surface area (Å²) in [6.07, 6.45) is 3.27. The third kappa shape index (κ3) is 3.01. The molecule has 0 spiro atoms. The Morgan fingerprint density at radius 1 is 1.18 bits per heavy atom. The third-order valence-corrected chi connectivity index (χ3v) is 5.15. The molecule has 3 aromatic heterocycles. The summed E-state index contributed by atoms with van der Waals surface area (Å²) in [5, 5.41) is 22.4. The number of hydrogen-bond donors (Lipinski definition) is 2. The summed E-state index contributed by atoms with van der Waals surface area (Å²) >= 11 is 1.16. The predicted molar refractivity (Wildman–Crippen MR) is 107 cm³/mol. The van der Waals surface area contributed by atoms with Crippen molar-refractivity contribution in [3.8, 4) is 16.3 Å². The molecule has 4 aromatic rings. The van der Waals surface area contributed by atoms with Gasteiger partial charge in [-0.1, -0.05) is 23.5 Å². The van der Waals surface area contributed by atoms with E-state index in [4.69, 9.17) is 0 Å².